The van der Waals surface area contributed by atoms with Crippen LogP contribution in [0.5, 0.6) is 5.75 Å². The molecule has 2 heterocycles. The molecular formula is C23H25F3N4O3S. The highest BCUT2D eigenvalue weighted by Crippen LogP contribution is 2.39. The normalized spacial score (nSPS) is 13.4. The first kappa shape index (κ1) is 25.3. The van der Waals surface area contributed by atoms with Crippen molar-refractivity contribution in [1.82, 2.24) is 15.3 Å². The van der Waals surface area contributed by atoms with Crippen LogP contribution in [0.25, 0.3) is 11.1 Å². The quantitative estimate of drug-likeness (QED) is 0.318. The van der Waals surface area contributed by atoms with E-state index in [9.17, 15) is 18.0 Å². The molecule has 0 aliphatic heterocycles. The summed E-state index contributed by atoms with van der Waals surface area (Å²) in [5, 5.41) is 16.9. The first-order valence-electron chi connectivity index (χ1n) is 10.4. The van der Waals surface area contributed by atoms with E-state index in [1.165, 1.54) is 29.7 Å². The smallest absolute Gasteiger partial charge is 0.419 e. The van der Waals surface area contributed by atoms with Crippen LogP contribution in [0.15, 0.2) is 48.1 Å². The molecule has 0 saturated heterocycles. The van der Waals surface area contributed by atoms with Crippen LogP contribution in [0.4, 0.5) is 28.9 Å². The molecule has 3 aromatic rings. The molecular weight excluding hydrogens is 469 g/mol. The lowest BCUT2D eigenvalue weighted by atomic mass is 9.91. The Hall–Kier alpha value is -3.34. The van der Waals surface area contributed by atoms with Gasteiger partial charge in [-0.15, -0.1) is 11.3 Å². The number of hydrogen-bond acceptors (Lipinski definition) is 6. The van der Waals surface area contributed by atoms with Crippen molar-refractivity contribution in [1.29, 1.82) is 0 Å². The summed E-state index contributed by atoms with van der Waals surface area (Å²) in [4.78, 5) is 19.5. The van der Waals surface area contributed by atoms with Crippen molar-refractivity contribution in [3.8, 4) is 16.9 Å². The molecule has 2 aromatic heterocycles. The molecule has 182 valence electrons. The molecule has 0 saturated carbocycles. The minimum atomic E-state index is -4.67. The molecule has 0 fully saturated rings. The summed E-state index contributed by atoms with van der Waals surface area (Å²) in [5.74, 6) is 0.183. The number of amides is 1. The maximum absolute atomic E-state index is 13.9. The molecule has 0 radical (unpaired) electrons. The Balaban J connectivity index is 1.88. The summed E-state index contributed by atoms with van der Waals surface area (Å²) in [5.41, 5.74) is -1.14. The van der Waals surface area contributed by atoms with Gasteiger partial charge in [-0.1, -0.05) is 19.9 Å². The molecule has 1 aromatic carbocycles. The highest BCUT2D eigenvalue weighted by atomic mass is 32.1. The van der Waals surface area contributed by atoms with Crippen LogP contribution in [0.1, 0.15) is 32.8 Å². The molecule has 3 N–H and O–H groups in total. The van der Waals surface area contributed by atoms with Crippen LogP contribution in [0.2, 0.25) is 0 Å². The van der Waals surface area contributed by atoms with E-state index < -0.39 is 23.4 Å². The zero-order valence-electron chi connectivity index (χ0n) is 18.8. The second-order valence-corrected chi connectivity index (χ2v) is 9.37. The van der Waals surface area contributed by atoms with Gasteiger partial charge in [-0.2, -0.15) is 13.2 Å². The van der Waals surface area contributed by atoms with Gasteiger partial charge in [0.25, 0.3) is 0 Å². The lowest BCUT2D eigenvalue weighted by Crippen LogP contribution is -2.50. The van der Waals surface area contributed by atoms with E-state index in [-0.39, 0.29) is 18.3 Å². The number of rotatable bonds is 9. The molecule has 3 rings (SSSR count). The number of nitrogens with zero attached hydrogens (tertiary/aromatic N) is 2. The number of nitrogens with one attached hydrogen (secondary N) is 2. The monoisotopic (exact) mass is 494 g/mol. The molecule has 7 nitrogen and oxygen atoms in total. The number of halogens is 3. The number of alkyl halides is 3. The zero-order valence-corrected chi connectivity index (χ0v) is 19.6. The molecule has 0 bridgehead atoms. The van der Waals surface area contributed by atoms with Crippen LogP contribution in [0.3, 0.4) is 0 Å². The fourth-order valence-corrected chi connectivity index (χ4v) is 4.21. The summed E-state index contributed by atoms with van der Waals surface area (Å²) in [6, 6.07) is 7.04. The predicted octanol–water partition coefficient (Wildman–Crippen LogP) is 6.42. The minimum Gasteiger partial charge on any atom is -0.491 e. The van der Waals surface area contributed by atoms with Crippen molar-refractivity contribution in [3.05, 3.63) is 53.7 Å². The number of anilines is 2. The van der Waals surface area contributed by atoms with Gasteiger partial charge < -0.3 is 20.5 Å². The van der Waals surface area contributed by atoms with E-state index in [0.717, 1.165) is 6.07 Å². The highest BCUT2D eigenvalue weighted by Gasteiger charge is 2.36. The Morgan fingerprint density at radius 3 is 2.50 bits per heavy atom. The number of pyridine rings is 1. The van der Waals surface area contributed by atoms with Gasteiger partial charge in [0, 0.05) is 17.8 Å². The SMILES string of the molecule is CC(C)CC(C)(COc1ccc(-c2ccnc(Nc3nccs3)c2)cc1C(F)(F)F)NC(=O)O. The summed E-state index contributed by atoms with van der Waals surface area (Å²) in [6.45, 7) is 5.14. The average Bonchev–Trinajstić information content (AvgIpc) is 3.23. The average molecular weight is 495 g/mol. The third kappa shape index (κ3) is 6.83. The maximum Gasteiger partial charge on any atom is 0.419 e. The fourth-order valence-electron chi connectivity index (χ4n) is 3.67. The third-order valence-electron chi connectivity index (χ3n) is 4.86. The molecule has 1 unspecified atom stereocenters. The van der Waals surface area contributed by atoms with Crippen molar-refractivity contribution in [3.63, 3.8) is 0 Å². The second-order valence-electron chi connectivity index (χ2n) is 8.48. The van der Waals surface area contributed by atoms with Gasteiger partial charge in [-0.3, -0.25) is 0 Å². The molecule has 34 heavy (non-hydrogen) atoms. The Morgan fingerprint density at radius 1 is 1.15 bits per heavy atom. The van der Waals surface area contributed by atoms with Crippen LogP contribution < -0.4 is 15.4 Å². The topological polar surface area (TPSA) is 96.4 Å². The second kappa shape index (κ2) is 10.3. The molecule has 0 spiro atoms. The van der Waals surface area contributed by atoms with Crippen molar-refractivity contribution in [2.45, 2.75) is 38.9 Å². The lowest BCUT2D eigenvalue weighted by Gasteiger charge is -2.31. The molecule has 1 amide bonds. The fraction of sp³-hybridized carbons (Fsp3) is 0.348. The molecule has 0 aliphatic carbocycles. The van der Waals surface area contributed by atoms with Crippen LogP contribution in [0, 0.1) is 5.92 Å². The number of ether oxygens (including phenoxy) is 1. The lowest BCUT2D eigenvalue weighted by molar-refractivity contribution is -0.139. The first-order chi connectivity index (χ1) is 15.9. The molecule has 1 atom stereocenters. The van der Waals surface area contributed by atoms with E-state index in [2.05, 4.69) is 20.6 Å². The Bertz CT molecular complexity index is 1120. The summed E-state index contributed by atoms with van der Waals surface area (Å²) in [7, 11) is 0. The third-order valence-corrected chi connectivity index (χ3v) is 5.55. The number of carbonyl (C=O) groups is 1. The summed E-state index contributed by atoms with van der Waals surface area (Å²) < 4.78 is 47.2. The van der Waals surface area contributed by atoms with Gasteiger partial charge in [0.15, 0.2) is 5.13 Å². The van der Waals surface area contributed by atoms with Crippen molar-refractivity contribution < 1.29 is 27.8 Å². The molecule has 0 aliphatic rings. The van der Waals surface area contributed by atoms with Crippen molar-refractivity contribution in [2.75, 3.05) is 11.9 Å². The Kier molecular flexibility index (Phi) is 7.65. The van der Waals surface area contributed by atoms with E-state index in [1.807, 2.05) is 13.8 Å². The predicted molar refractivity (Wildman–Crippen MR) is 125 cm³/mol. The van der Waals surface area contributed by atoms with E-state index in [1.54, 1.807) is 30.6 Å². The van der Waals surface area contributed by atoms with E-state index in [0.29, 0.717) is 28.5 Å². The maximum atomic E-state index is 13.9. The van der Waals surface area contributed by atoms with Gasteiger partial charge in [0.1, 0.15) is 18.2 Å². The molecule has 11 heteroatoms. The first-order valence-corrected chi connectivity index (χ1v) is 11.3. The Morgan fingerprint density at radius 2 is 1.88 bits per heavy atom. The Labute approximate surface area is 199 Å². The summed E-state index contributed by atoms with van der Waals surface area (Å²) >= 11 is 1.37. The largest absolute Gasteiger partial charge is 0.491 e. The van der Waals surface area contributed by atoms with Gasteiger partial charge >= 0.3 is 12.3 Å². The number of thiazole rings is 1. The number of hydrogen-bond donors (Lipinski definition) is 3. The van der Waals surface area contributed by atoms with Gasteiger partial charge in [0.2, 0.25) is 0 Å². The van der Waals surface area contributed by atoms with Crippen LogP contribution >= 0.6 is 11.3 Å². The highest BCUT2D eigenvalue weighted by molar-refractivity contribution is 7.13. The number of benzene rings is 1. The number of aromatic nitrogens is 2. The summed E-state index contributed by atoms with van der Waals surface area (Å²) in [6.07, 6.45) is -2.42. The van der Waals surface area contributed by atoms with Gasteiger partial charge in [-0.25, -0.2) is 14.8 Å². The van der Waals surface area contributed by atoms with Crippen LogP contribution in [-0.4, -0.2) is 33.3 Å². The van der Waals surface area contributed by atoms with E-state index in [4.69, 9.17) is 9.84 Å². The van der Waals surface area contributed by atoms with Crippen LogP contribution in [-0.2, 0) is 6.18 Å². The standard InChI is InChI=1S/C23H25F3N4O3S/c1-14(2)12-22(3,30-21(31)32)13-33-18-5-4-15(10-17(18)23(24,25)26)16-6-7-27-19(11-16)29-20-28-8-9-34-20/h4-11,14,30H,12-13H2,1-3H3,(H,31,32)(H,27,28,29). The van der Waals surface area contributed by atoms with E-state index >= 15 is 0 Å². The zero-order chi connectivity index (χ0) is 24.9. The van der Waals surface area contributed by atoms with Crippen molar-refractivity contribution in [2.24, 2.45) is 5.92 Å². The van der Waals surface area contributed by atoms with Crippen molar-refractivity contribution >= 4 is 28.4 Å². The van der Waals surface area contributed by atoms with Gasteiger partial charge in [-0.05, 0) is 54.7 Å². The number of carboxylic acid groups (broad SMARTS) is 1. The van der Waals surface area contributed by atoms with Gasteiger partial charge in [0.05, 0.1) is 11.1 Å². The minimum absolute atomic E-state index is 0.101.